The standard InChI is InChI=1S/C16H24Br16O12Si8/c17-1-9(25)45-33-46(10(26)2-18)36-49(13(29)5-21)38-47(34-45,11(27)3-19)40-51(15(31)7-23)41-48(35-45,12(28)4-20)39-50(37-46,14(30)6-22)43-52(42-49,44-51)16(32)8-24/h9-16H,1-8H2. The van der Waals surface area contributed by atoms with Gasteiger partial charge in [-0.2, -0.15) is 0 Å². The van der Waals surface area contributed by atoms with Crippen molar-refractivity contribution in [2.24, 2.45) is 0 Å². The van der Waals surface area contributed by atoms with E-state index in [1.807, 2.05) is 0 Å². The quantitative estimate of drug-likeness (QED) is 0.109. The van der Waals surface area contributed by atoms with Crippen LogP contribution in [0.2, 0.25) is 0 Å². The summed E-state index contributed by atoms with van der Waals surface area (Å²) in [5.74, 6) is 0. The Labute approximate surface area is 444 Å². The van der Waals surface area contributed by atoms with Crippen molar-refractivity contribution in [3.05, 3.63) is 0 Å². The summed E-state index contributed by atoms with van der Waals surface area (Å²) in [6.07, 6.45) is 0. The molecule has 0 amide bonds. The fourth-order valence-electron chi connectivity index (χ4n) is 5.17. The van der Waals surface area contributed by atoms with Gasteiger partial charge in [0.2, 0.25) is 0 Å². The first-order valence-electron chi connectivity index (χ1n) is 14.4. The molecule has 8 atom stereocenters. The van der Waals surface area contributed by atoms with Gasteiger partial charge in [0.15, 0.2) is 0 Å². The molecule has 6 heterocycles. The summed E-state index contributed by atoms with van der Waals surface area (Å²) in [6.45, 7) is 0. The van der Waals surface area contributed by atoms with E-state index in [0.29, 0.717) is 42.6 Å². The van der Waals surface area contributed by atoms with Crippen LogP contribution < -0.4 is 0 Å². The smallest absolute Gasteiger partial charge is 0.372 e. The van der Waals surface area contributed by atoms with Crippen LogP contribution in [0, 0.1) is 0 Å². The highest BCUT2D eigenvalue weighted by atomic mass is 79.9. The molecule has 0 aromatic rings. The molecule has 304 valence electrons. The van der Waals surface area contributed by atoms with Gasteiger partial charge in [0, 0.05) is 42.6 Å². The van der Waals surface area contributed by atoms with E-state index in [2.05, 4.69) is 255 Å². The summed E-state index contributed by atoms with van der Waals surface area (Å²) >= 11 is 60.7. The van der Waals surface area contributed by atoms with Crippen molar-refractivity contribution in [3.63, 3.8) is 0 Å². The van der Waals surface area contributed by atoms with E-state index in [1.54, 1.807) is 0 Å². The third-order valence-electron chi connectivity index (χ3n) is 7.57. The normalized spacial score (nSPS) is 46.2. The number of halogens is 16. The van der Waals surface area contributed by atoms with Gasteiger partial charge < -0.3 is 49.4 Å². The van der Waals surface area contributed by atoms with Crippen LogP contribution in [0.3, 0.4) is 0 Å². The molecule has 0 saturated carbocycles. The number of hydrogen-bond acceptors (Lipinski definition) is 12. The maximum Gasteiger partial charge on any atom is 0.494 e. The molecule has 6 saturated heterocycles. The topological polar surface area (TPSA) is 111 Å². The monoisotopic (exact) mass is 1890 g/mol. The second-order valence-electron chi connectivity index (χ2n) is 11.0. The minimum atomic E-state index is -4.33. The molecule has 12 nitrogen and oxygen atoms in total. The molecule has 0 N–H and O–H groups in total. The Morgan fingerprint density at radius 2 is 0.288 bits per heavy atom. The van der Waals surface area contributed by atoms with E-state index in [9.17, 15) is 0 Å². The summed E-state index contributed by atoms with van der Waals surface area (Å²) in [4.78, 5) is 0. The lowest BCUT2D eigenvalue weighted by atomic mass is 11.0. The minimum Gasteiger partial charge on any atom is -0.372 e. The van der Waals surface area contributed by atoms with E-state index in [4.69, 9.17) is 49.4 Å². The average molecular weight is 1910 g/mol. The SMILES string of the molecule is BrCC(Br)[Si]12O[Si]3(C(Br)CBr)O[Si]4(C(Br)CBr)O[Si](C(Br)CBr)(O1)O[Si]1(C(Br)CBr)O[Si](C(Br)CBr)(O2)O[Si](C(Br)CBr)(O3)O[Si](C(Br)CBr)(O4)O1. The van der Waals surface area contributed by atoms with Crippen molar-refractivity contribution < 1.29 is 49.4 Å². The average Bonchev–Trinajstić information content (AvgIpc) is 3.10. The van der Waals surface area contributed by atoms with Crippen LogP contribution in [-0.4, -0.2) is 149 Å². The molecular weight excluding hydrogens is 1890 g/mol. The molecule has 0 aliphatic carbocycles. The van der Waals surface area contributed by atoms with Crippen LogP contribution in [0.5, 0.6) is 0 Å². The van der Waals surface area contributed by atoms with Gasteiger partial charge >= 0.3 is 70.4 Å². The predicted molar refractivity (Wildman–Crippen MR) is 271 cm³/mol. The van der Waals surface area contributed by atoms with Crippen LogP contribution in [0.4, 0.5) is 0 Å². The predicted octanol–water partition coefficient (Wildman–Crippen LogP) is 9.35. The first kappa shape index (κ1) is 51.9. The maximum absolute atomic E-state index is 7.55. The second-order valence-corrected chi connectivity index (χ2v) is 56.8. The van der Waals surface area contributed by atoms with Gasteiger partial charge in [0.25, 0.3) is 0 Å². The molecule has 6 rings (SSSR count). The molecule has 6 aliphatic rings. The van der Waals surface area contributed by atoms with Crippen molar-refractivity contribution in [1.82, 2.24) is 0 Å². The lowest BCUT2D eigenvalue weighted by molar-refractivity contribution is -0.0302. The zero-order chi connectivity index (χ0) is 38.8. The van der Waals surface area contributed by atoms with Crippen LogP contribution in [-0.2, 0) is 49.4 Å². The van der Waals surface area contributed by atoms with Crippen LogP contribution >= 0.6 is 255 Å². The lowest BCUT2D eigenvalue weighted by Gasteiger charge is -2.65. The molecule has 8 bridgehead atoms. The molecular formula is C16H24Br16O12Si8. The van der Waals surface area contributed by atoms with E-state index in [1.165, 1.54) is 0 Å². The lowest BCUT2D eigenvalue weighted by Crippen LogP contribution is -2.95. The Hall–Kier alpha value is 8.94. The fourth-order valence-corrected chi connectivity index (χ4v) is 80.7. The molecule has 0 spiro atoms. The third-order valence-corrected chi connectivity index (χ3v) is 75.6. The Kier molecular flexibility index (Phi) is 20.4. The van der Waals surface area contributed by atoms with Crippen molar-refractivity contribution in [3.8, 4) is 0 Å². The van der Waals surface area contributed by atoms with Crippen molar-refractivity contribution in [2.75, 3.05) is 42.6 Å². The fraction of sp³-hybridized carbons (Fsp3) is 1.00. The van der Waals surface area contributed by atoms with Gasteiger partial charge in [-0.25, -0.2) is 0 Å². The summed E-state index contributed by atoms with van der Waals surface area (Å²) in [7, 11) is -34.6. The summed E-state index contributed by atoms with van der Waals surface area (Å²) in [5.41, 5.74) is 0. The van der Waals surface area contributed by atoms with Crippen LogP contribution in [0.1, 0.15) is 0 Å². The summed E-state index contributed by atoms with van der Waals surface area (Å²) in [6, 6.07) is 0. The second kappa shape index (κ2) is 20.4. The zero-order valence-corrected chi connectivity index (χ0v) is 58.6. The summed E-state index contributed by atoms with van der Waals surface area (Å²) in [5, 5.41) is 2.55. The molecule has 52 heavy (non-hydrogen) atoms. The van der Waals surface area contributed by atoms with Crippen LogP contribution in [0.15, 0.2) is 0 Å². The Bertz CT molecular complexity index is 943. The highest BCUT2D eigenvalue weighted by Crippen LogP contribution is 2.57. The number of hydrogen-bond donors (Lipinski definition) is 0. The highest BCUT2D eigenvalue weighted by Gasteiger charge is 2.88. The van der Waals surface area contributed by atoms with E-state index in [0.717, 1.165) is 0 Å². The third kappa shape index (κ3) is 9.42. The van der Waals surface area contributed by atoms with E-state index < -0.39 is 106 Å². The van der Waals surface area contributed by atoms with Crippen molar-refractivity contribution >= 4 is 325 Å². The largest absolute Gasteiger partial charge is 0.494 e. The minimum absolute atomic E-state index is 0.319. The highest BCUT2D eigenvalue weighted by molar-refractivity contribution is 9.14. The van der Waals surface area contributed by atoms with Crippen molar-refractivity contribution in [1.29, 1.82) is 0 Å². The molecule has 0 radical (unpaired) electrons. The van der Waals surface area contributed by atoms with Crippen LogP contribution in [0.25, 0.3) is 0 Å². The first-order chi connectivity index (χ1) is 24.3. The van der Waals surface area contributed by atoms with Gasteiger partial charge in [-0.05, 0) is 0 Å². The van der Waals surface area contributed by atoms with Gasteiger partial charge in [-0.3, -0.25) is 0 Å². The first-order valence-corrected chi connectivity index (χ1v) is 45.1. The molecule has 6 aliphatic heterocycles. The number of alkyl halides is 16. The Morgan fingerprint density at radius 1 is 0.212 bits per heavy atom. The molecule has 0 aromatic heterocycles. The van der Waals surface area contributed by atoms with E-state index >= 15 is 0 Å². The molecule has 8 unspecified atom stereocenters. The van der Waals surface area contributed by atoms with Gasteiger partial charge in [-0.1, -0.05) is 255 Å². The molecule has 36 heteroatoms. The van der Waals surface area contributed by atoms with Gasteiger partial charge in [0.1, 0.15) is 0 Å². The summed E-state index contributed by atoms with van der Waals surface area (Å²) < 4.78 is 85.6. The van der Waals surface area contributed by atoms with Gasteiger partial charge in [0.05, 0.1) is 35.6 Å². The Morgan fingerprint density at radius 3 is 0.346 bits per heavy atom. The maximum atomic E-state index is 7.55. The molecule has 6 fully saturated rings. The Balaban J connectivity index is 2.07. The van der Waals surface area contributed by atoms with Gasteiger partial charge in [-0.15, -0.1) is 0 Å². The number of rotatable bonds is 16. The van der Waals surface area contributed by atoms with Crippen molar-refractivity contribution in [2.45, 2.75) is 35.6 Å². The molecule has 0 aromatic carbocycles. The van der Waals surface area contributed by atoms with E-state index in [-0.39, 0.29) is 0 Å². The zero-order valence-electron chi connectivity index (χ0n) is 25.2.